The van der Waals surface area contributed by atoms with Crippen LogP contribution < -0.4 is 5.32 Å². The molecule has 1 saturated heterocycles. The molecule has 2 heterocycles. The summed E-state index contributed by atoms with van der Waals surface area (Å²) in [6, 6.07) is 4.16. The molecule has 0 amide bonds. The molecule has 3 rings (SSSR count). The SMILES string of the molecule is CC1CNC1.c1cncc(C2CC2)c1. The van der Waals surface area contributed by atoms with Crippen molar-refractivity contribution >= 4 is 0 Å². The van der Waals surface area contributed by atoms with Crippen molar-refractivity contribution in [2.45, 2.75) is 25.7 Å². The summed E-state index contributed by atoms with van der Waals surface area (Å²) in [6.07, 6.45) is 6.53. The maximum Gasteiger partial charge on any atom is 0.0302 e. The summed E-state index contributed by atoms with van der Waals surface area (Å²) in [6.45, 7) is 4.72. The fourth-order valence-electron chi connectivity index (χ4n) is 1.47. The minimum atomic E-state index is 0.846. The maximum absolute atomic E-state index is 4.05. The molecule has 0 aromatic carbocycles. The fourth-order valence-corrected chi connectivity index (χ4v) is 1.47. The van der Waals surface area contributed by atoms with Crippen molar-refractivity contribution in [3.8, 4) is 0 Å². The summed E-state index contributed by atoms with van der Waals surface area (Å²) >= 11 is 0. The average molecular weight is 190 g/mol. The van der Waals surface area contributed by atoms with Gasteiger partial charge >= 0.3 is 0 Å². The van der Waals surface area contributed by atoms with Crippen LogP contribution in [-0.2, 0) is 0 Å². The highest BCUT2D eigenvalue weighted by Gasteiger charge is 2.22. The molecular weight excluding hydrogens is 172 g/mol. The molecule has 0 radical (unpaired) electrons. The molecule has 0 bridgehead atoms. The second kappa shape index (κ2) is 4.56. The summed E-state index contributed by atoms with van der Waals surface area (Å²) in [5.41, 5.74) is 1.41. The number of nitrogens with zero attached hydrogens (tertiary/aromatic N) is 1. The van der Waals surface area contributed by atoms with Crippen LogP contribution in [-0.4, -0.2) is 18.1 Å². The van der Waals surface area contributed by atoms with E-state index in [-0.39, 0.29) is 0 Å². The molecule has 0 spiro atoms. The number of aromatic nitrogens is 1. The predicted octanol–water partition coefficient (Wildman–Crippen LogP) is 2.18. The molecule has 14 heavy (non-hydrogen) atoms. The molecule has 0 unspecified atom stereocenters. The zero-order valence-electron chi connectivity index (χ0n) is 8.74. The van der Waals surface area contributed by atoms with Crippen LogP contribution in [0.5, 0.6) is 0 Å². The van der Waals surface area contributed by atoms with E-state index in [4.69, 9.17) is 0 Å². The topological polar surface area (TPSA) is 24.9 Å². The Labute approximate surface area is 85.7 Å². The number of pyridine rings is 1. The Balaban J connectivity index is 0.000000128. The third kappa shape index (κ3) is 2.81. The van der Waals surface area contributed by atoms with Gasteiger partial charge in [-0.15, -0.1) is 0 Å². The molecule has 76 valence electrons. The average Bonchev–Trinajstić information content (AvgIpc) is 3.00. The standard InChI is InChI=1S/C8H9N.C4H9N/c1-2-8(6-9-5-1)7-3-4-7;1-4-2-5-3-4/h1-2,5-7H,3-4H2;4-5H,2-3H2,1H3. The van der Waals surface area contributed by atoms with Gasteiger partial charge < -0.3 is 5.32 Å². The normalized spacial score (nSPS) is 20.6. The third-order valence-corrected chi connectivity index (χ3v) is 2.72. The van der Waals surface area contributed by atoms with Gasteiger partial charge in [0.25, 0.3) is 0 Å². The van der Waals surface area contributed by atoms with E-state index in [2.05, 4.69) is 23.3 Å². The van der Waals surface area contributed by atoms with Crippen LogP contribution in [0.25, 0.3) is 0 Å². The van der Waals surface area contributed by atoms with Crippen LogP contribution >= 0.6 is 0 Å². The summed E-state index contributed by atoms with van der Waals surface area (Å²) < 4.78 is 0. The highest BCUT2D eigenvalue weighted by atomic mass is 14.9. The summed E-state index contributed by atoms with van der Waals surface area (Å²) in [5, 5.41) is 3.16. The van der Waals surface area contributed by atoms with Crippen molar-refractivity contribution in [1.82, 2.24) is 10.3 Å². The van der Waals surface area contributed by atoms with E-state index >= 15 is 0 Å². The minimum absolute atomic E-state index is 0.846. The minimum Gasteiger partial charge on any atom is -0.316 e. The number of rotatable bonds is 1. The van der Waals surface area contributed by atoms with Crippen molar-refractivity contribution in [2.24, 2.45) is 5.92 Å². The van der Waals surface area contributed by atoms with Gasteiger partial charge in [0, 0.05) is 12.4 Å². The highest BCUT2D eigenvalue weighted by Crippen LogP contribution is 2.39. The van der Waals surface area contributed by atoms with Gasteiger partial charge in [-0.1, -0.05) is 13.0 Å². The second-order valence-electron chi connectivity index (χ2n) is 4.32. The van der Waals surface area contributed by atoms with Crippen LogP contribution in [0.1, 0.15) is 31.2 Å². The molecule has 0 atom stereocenters. The monoisotopic (exact) mass is 190 g/mol. The van der Waals surface area contributed by atoms with Crippen LogP contribution in [0.15, 0.2) is 24.5 Å². The van der Waals surface area contributed by atoms with Crippen LogP contribution in [0.4, 0.5) is 0 Å². The smallest absolute Gasteiger partial charge is 0.0302 e. The zero-order chi connectivity index (χ0) is 9.80. The largest absolute Gasteiger partial charge is 0.316 e. The summed E-state index contributed by atoms with van der Waals surface area (Å²) in [4.78, 5) is 4.05. The van der Waals surface area contributed by atoms with Crippen molar-refractivity contribution in [3.05, 3.63) is 30.1 Å². The predicted molar refractivity (Wildman–Crippen MR) is 58.2 cm³/mol. The van der Waals surface area contributed by atoms with Crippen molar-refractivity contribution < 1.29 is 0 Å². The van der Waals surface area contributed by atoms with Crippen LogP contribution in [0.2, 0.25) is 0 Å². The second-order valence-corrected chi connectivity index (χ2v) is 4.32. The molecule has 2 aliphatic rings. The van der Waals surface area contributed by atoms with E-state index in [1.807, 2.05) is 18.5 Å². The van der Waals surface area contributed by atoms with Gasteiger partial charge in [0.15, 0.2) is 0 Å². The Morgan fingerprint density at radius 2 is 2.07 bits per heavy atom. The van der Waals surface area contributed by atoms with Crippen LogP contribution in [0.3, 0.4) is 0 Å². The van der Waals surface area contributed by atoms with E-state index < -0.39 is 0 Å². The molecule has 1 aliphatic heterocycles. The van der Waals surface area contributed by atoms with Gasteiger partial charge in [0.05, 0.1) is 0 Å². The lowest BCUT2D eigenvalue weighted by molar-refractivity contribution is 0.379. The lowest BCUT2D eigenvalue weighted by Gasteiger charge is -2.21. The number of hydrogen-bond donors (Lipinski definition) is 1. The Morgan fingerprint density at radius 1 is 1.36 bits per heavy atom. The Kier molecular flexibility index (Phi) is 3.14. The van der Waals surface area contributed by atoms with E-state index in [9.17, 15) is 0 Å². The van der Waals surface area contributed by atoms with Crippen LogP contribution in [0, 0.1) is 5.92 Å². The van der Waals surface area contributed by atoms with Crippen molar-refractivity contribution in [3.63, 3.8) is 0 Å². The summed E-state index contributed by atoms with van der Waals surface area (Å²) in [5.74, 6) is 1.80. The van der Waals surface area contributed by atoms with E-state index in [1.54, 1.807) is 0 Å². The molecule has 1 aliphatic carbocycles. The van der Waals surface area contributed by atoms with E-state index in [1.165, 1.54) is 31.5 Å². The first-order chi connectivity index (χ1) is 6.86. The molecular formula is C12H18N2. The molecule has 1 aromatic rings. The van der Waals surface area contributed by atoms with Gasteiger partial charge in [0.2, 0.25) is 0 Å². The first kappa shape index (κ1) is 9.66. The lowest BCUT2D eigenvalue weighted by Crippen LogP contribution is -2.39. The first-order valence-electron chi connectivity index (χ1n) is 5.47. The molecule has 1 aromatic heterocycles. The van der Waals surface area contributed by atoms with Crippen molar-refractivity contribution in [1.29, 1.82) is 0 Å². The molecule has 2 fully saturated rings. The maximum atomic E-state index is 4.05. The Hall–Kier alpha value is -0.890. The quantitative estimate of drug-likeness (QED) is 0.734. The first-order valence-corrected chi connectivity index (χ1v) is 5.47. The van der Waals surface area contributed by atoms with E-state index in [0.717, 1.165) is 11.8 Å². The van der Waals surface area contributed by atoms with E-state index in [0.29, 0.717) is 0 Å². The van der Waals surface area contributed by atoms with Gasteiger partial charge in [0.1, 0.15) is 0 Å². The summed E-state index contributed by atoms with van der Waals surface area (Å²) in [7, 11) is 0. The number of hydrogen-bond acceptors (Lipinski definition) is 2. The van der Waals surface area contributed by atoms with Gasteiger partial charge in [-0.3, -0.25) is 4.98 Å². The van der Waals surface area contributed by atoms with Gasteiger partial charge in [-0.2, -0.15) is 0 Å². The Bertz CT molecular complexity index is 263. The zero-order valence-corrected chi connectivity index (χ0v) is 8.74. The van der Waals surface area contributed by atoms with Gasteiger partial charge in [-0.25, -0.2) is 0 Å². The highest BCUT2D eigenvalue weighted by molar-refractivity contribution is 5.18. The molecule has 2 heteroatoms. The molecule has 1 N–H and O–H groups in total. The Morgan fingerprint density at radius 3 is 2.43 bits per heavy atom. The third-order valence-electron chi connectivity index (χ3n) is 2.72. The van der Waals surface area contributed by atoms with Crippen molar-refractivity contribution in [2.75, 3.05) is 13.1 Å². The fraction of sp³-hybridized carbons (Fsp3) is 0.583. The number of nitrogens with one attached hydrogen (secondary N) is 1. The molecule has 1 saturated carbocycles. The molecule has 2 nitrogen and oxygen atoms in total. The van der Waals surface area contributed by atoms with Gasteiger partial charge in [-0.05, 0) is 49.4 Å². The lowest BCUT2D eigenvalue weighted by atomic mass is 10.1.